The number of phenols is 1. The summed E-state index contributed by atoms with van der Waals surface area (Å²) in [5.41, 5.74) is 6.17. The van der Waals surface area contributed by atoms with E-state index in [1.54, 1.807) is 0 Å². The van der Waals surface area contributed by atoms with Gasteiger partial charge in [-0.2, -0.15) is 21.9 Å². The normalized spacial score (nSPS) is 13.0. The number of nitrogens with two attached hydrogens (primary N) is 1. The zero-order chi connectivity index (χ0) is 24.6. The van der Waals surface area contributed by atoms with Crippen LogP contribution in [0.5, 0.6) is 5.75 Å². The van der Waals surface area contributed by atoms with Crippen LogP contribution in [0.2, 0.25) is 0 Å². The molecule has 0 aliphatic heterocycles. The van der Waals surface area contributed by atoms with Gasteiger partial charge in [-0.25, -0.2) is 8.42 Å². The van der Waals surface area contributed by atoms with Gasteiger partial charge in [0, 0.05) is 16.8 Å². The highest BCUT2D eigenvalue weighted by Gasteiger charge is 2.19. The summed E-state index contributed by atoms with van der Waals surface area (Å²) < 4.78 is 86.9. The van der Waals surface area contributed by atoms with Crippen molar-refractivity contribution in [2.75, 3.05) is 17.2 Å². The highest BCUT2D eigenvalue weighted by atomic mass is 32.2. The van der Waals surface area contributed by atoms with Crippen molar-refractivity contribution in [2.24, 2.45) is 10.2 Å². The summed E-state index contributed by atoms with van der Waals surface area (Å²) in [4.78, 5) is -0.772. The fourth-order valence-electron chi connectivity index (χ4n) is 2.81. The van der Waals surface area contributed by atoms with Crippen LogP contribution in [-0.2, 0) is 30.1 Å². The van der Waals surface area contributed by atoms with E-state index in [-0.39, 0.29) is 32.7 Å². The third kappa shape index (κ3) is 5.82. The van der Waals surface area contributed by atoms with Crippen molar-refractivity contribution in [3.05, 3.63) is 48.5 Å². The lowest BCUT2D eigenvalue weighted by Crippen LogP contribution is -2.16. The number of nitrogens with zero attached hydrogens (tertiary/aromatic N) is 2. The highest BCUT2D eigenvalue weighted by Crippen LogP contribution is 2.39. The number of nitrogen functional groups attached to an aromatic ring is 1. The minimum atomic E-state index is -4.63. The predicted molar refractivity (Wildman–Crippen MR) is 119 cm³/mol. The topological polar surface area (TPSA) is 214 Å². The van der Waals surface area contributed by atoms with E-state index in [1.165, 1.54) is 36.4 Å². The molecular weight excluding hydrogens is 498 g/mol. The molecule has 0 saturated carbocycles. The maximum absolute atomic E-state index is 12.2. The Morgan fingerprint density at radius 1 is 0.758 bits per heavy atom. The Morgan fingerprint density at radius 3 is 1.97 bits per heavy atom. The molecule has 0 amide bonds. The van der Waals surface area contributed by atoms with Crippen LogP contribution >= 0.6 is 0 Å². The van der Waals surface area contributed by atoms with Crippen molar-refractivity contribution in [3.63, 3.8) is 0 Å². The Balaban J connectivity index is 1.98. The third-order valence-electron chi connectivity index (χ3n) is 4.46. The first-order chi connectivity index (χ1) is 15.2. The zero-order valence-electron chi connectivity index (χ0n) is 16.5. The zero-order valence-corrected chi connectivity index (χ0v) is 19.0. The van der Waals surface area contributed by atoms with Crippen molar-refractivity contribution in [3.8, 4) is 5.75 Å². The van der Waals surface area contributed by atoms with Gasteiger partial charge in [-0.1, -0.05) is 0 Å². The molecule has 0 atom stereocenters. The van der Waals surface area contributed by atoms with E-state index in [9.17, 15) is 34.9 Å². The van der Waals surface area contributed by atoms with Gasteiger partial charge in [-0.15, -0.1) is 5.11 Å². The number of sulfone groups is 1. The first-order valence-electron chi connectivity index (χ1n) is 8.90. The molecule has 3 aromatic rings. The number of hydrogen-bond donors (Lipinski definition) is 4. The second-order valence-electron chi connectivity index (χ2n) is 6.81. The number of fused-ring (bicyclic) bond motifs is 1. The molecule has 0 heterocycles. The average molecular weight is 516 g/mol. The Hall–Kier alpha value is -3.11. The average Bonchev–Trinajstić information content (AvgIpc) is 2.70. The lowest BCUT2D eigenvalue weighted by atomic mass is 10.1. The fraction of sp³-hybridized carbons (Fsp3) is 0.111. The van der Waals surface area contributed by atoms with Crippen molar-refractivity contribution in [2.45, 2.75) is 9.79 Å². The van der Waals surface area contributed by atoms with Crippen molar-refractivity contribution in [1.29, 1.82) is 0 Å². The van der Waals surface area contributed by atoms with E-state index < -0.39 is 52.2 Å². The summed E-state index contributed by atoms with van der Waals surface area (Å²) in [6.07, 6.45) is 0. The fourth-order valence-corrected chi connectivity index (χ4v) is 5.85. The highest BCUT2D eigenvalue weighted by molar-refractivity contribution is 7.93. The monoisotopic (exact) mass is 515 g/mol. The molecule has 0 unspecified atom stereocenters. The summed E-state index contributed by atoms with van der Waals surface area (Å²) in [6.45, 7) is 0. The van der Waals surface area contributed by atoms with Crippen LogP contribution in [0.1, 0.15) is 0 Å². The number of anilines is 1. The summed E-state index contributed by atoms with van der Waals surface area (Å²) >= 11 is 0. The summed E-state index contributed by atoms with van der Waals surface area (Å²) in [6, 6.07) is 9.69. The van der Waals surface area contributed by atoms with E-state index in [0.717, 1.165) is 12.1 Å². The van der Waals surface area contributed by atoms with Crippen LogP contribution in [-0.4, -0.2) is 51.0 Å². The van der Waals surface area contributed by atoms with Crippen molar-refractivity contribution < 1.29 is 39.5 Å². The van der Waals surface area contributed by atoms with Crippen LogP contribution in [0.4, 0.5) is 17.1 Å². The molecule has 0 aliphatic rings. The van der Waals surface area contributed by atoms with E-state index >= 15 is 0 Å². The van der Waals surface area contributed by atoms with Gasteiger partial charge < -0.3 is 10.8 Å². The standard InChI is InChI=1S/C18H17N3O9S3/c19-16-6-5-14-15(9-13(10-17(14)22)33(28,29)30)18(16)21-20-11-1-3-12(4-2-11)31(23,24)7-8-32(25,26)27/h1-6,9-10,22H,7-8,19H2,(H,25,26,27)(H,28,29,30). The molecular formula is C18H17N3O9S3. The number of hydrogen-bond acceptors (Lipinski definition) is 10. The largest absolute Gasteiger partial charge is 0.507 e. The van der Waals surface area contributed by atoms with E-state index in [1.807, 2.05) is 0 Å². The van der Waals surface area contributed by atoms with E-state index in [0.29, 0.717) is 0 Å². The maximum atomic E-state index is 12.2. The molecule has 5 N–H and O–H groups in total. The predicted octanol–water partition coefficient (Wildman–Crippen LogP) is 2.45. The number of rotatable bonds is 7. The first-order valence-corrected chi connectivity index (χ1v) is 13.6. The number of benzene rings is 3. The van der Waals surface area contributed by atoms with Gasteiger partial charge in [0.25, 0.3) is 20.2 Å². The number of phenolic OH excluding ortho intramolecular Hbond substituents is 1. The molecule has 176 valence electrons. The van der Waals surface area contributed by atoms with Crippen LogP contribution in [0.3, 0.4) is 0 Å². The quantitative estimate of drug-likeness (QED) is 0.205. The molecule has 0 spiro atoms. The van der Waals surface area contributed by atoms with Crippen molar-refractivity contribution >= 4 is 57.9 Å². The smallest absolute Gasteiger partial charge is 0.294 e. The summed E-state index contributed by atoms with van der Waals surface area (Å²) in [5.74, 6) is -2.19. The first kappa shape index (κ1) is 24.5. The molecule has 0 radical (unpaired) electrons. The van der Waals surface area contributed by atoms with E-state index in [2.05, 4.69) is 10.2 Å². The van der Waals surface area contributed by atoms with Crippen LogP contribution in [0, 0.1) is 0 Å². The van der Waals surface area contributed by atoms with Gasteiger partial charge in [0.15, 0.2) is 9.84 Å². The Labute approximate surface area is 188 Å². The maximum Gasteiger partial charge on any atom is 0.294 e. The van der Waals surface area contributed by atoms with Gasteiger partial charge in [0.1, 0.15) is 11.4 Å². The van der Waals surface area contributed by atoms with Gasteiger partial charge in [-0.05, 0) is 42.5 Å². The Morgan fingerprint density at radius 2 is 1.39 bits per heavy atom. The second-order valence-corrected chi connectivity index (χ2v) is 11.9. The minimum absolute atomic E-state index is 0.00171. The molecule has 3 aromatic carbocycles. The lowest BCUT2D eigenvalue weighted by Gasteiger charge is -2.08. The Kier molecular flexibility index (Phi) is 6.45. The van der Waals surface area contributed by atoms with Gasteiger partial charge >= 0.3 is 0 Å². The summed E-state index contributed by atoms with van der Waals surface area (Å²) in [5, 5.41) is 18.3. The van der Waals surface area contributed by atoms with Crippen LogP contribution < -0.4 is 5.73 Å². The lowest BCUT2D eigenvalue weighted by molar-refractivity contribution is 0.471. The molecule has 0 fully saturated rings. The number of azo groups is 1. The van der Waals surface area contributed by atoms with Crippen LogP contribution in [0.15, 0.2) is 68.6 Å². The van der Waals surface area contributed by atoms with E-state index in [4.69, 9.17) is 10.3 Å². The SMILES string of the molecule is Nc1ccc2c(O)cc(S(=O)(=O)O)cc2c1N=Nc1ccc(S(=O)(=O)CCS(=O)(=O)O)cc1. The molecule has 0 bridgehead atoms. The molecule has 0 saturated heterocycles. The molecule has 0 aromatic heterocycles. The molecule has 15 heteroatoms. The molecule has 33 heavy (non-hydrogen) atoms. The summed E-state index contributed by atoms with van der Waals surface area (Å²) in [7, 11) is -13.1. The van der Waals surface area contributed by atoms with Gasteiger partial charge in [0.2, 0.25) is 0 Å². The third-order valence-corrected chi connectivity index (χ3v) is 8.00. The molecule has 0 aliphatic carbocycles. The molecule has 3 rings (SSSR count). The van der Waals surface area contributed by atoms with Crippen molar-refractivity contribution in [1.82, 2.24) is 0 Å². The van der Waals surface area contributed by atoms with Crippen LogP contribution in [0.25, 0.3) is 10.8 Å². The second kappa shape index (κ2) is 8.68. The molecule has 12 nitrogen and oxygen atoms in total. The number of aromatic hydroxyl groups is 1. The Bertz CT molecular complexity index is 1580. The van der Waals surface area contributed by atoms with Gasteiger partial charge in [0.05, 0.1) is 32.7 Å². The minimum Gasteiger partial charge on any atom is -0.507 e. The van der Waals surface area contributed by atoms with Gasteiger partial charge in [-0.3, -0.25) is 9.11 Å².